The van der Waals surface area contributed by atoms with Gasteiger partial charge in [0, 0.05) is 24.8 Å². The van der Waals surface area contributed by atoms with Gasteiger partial charge in [0.2, 0.25) is 5.91 Å². The van der Waals surface area contributed by atoms with Gasteiger partial charge < -0.3 is 19.7 Å². The number of nitrogens with one attached hydrogen (secondary N) is 1. The maximum atomic E-state index is 13.0. The van der Waals surface area contributed by atoms with Gasteiger partial charge in [0.25, 0.3) is 5.88 Å². The van der Waals surface area contributed by atoms with E-state index in [1.807, 2.05) is 48.5 Å². The van der Waals surface area contributed by atoms with Gasteiger partial charge in [-0.1, -0.05) is 25.1 Å². The Bertz CT molecular complexity index is 1060. The van der Waals surface area contributed by atoms with Crippen LogP contribution in [-0.4, -0.2) is 42.7 Å². The highest BCUT2D eigenvalue weighted by Gasteiger charge is 2.29. The van der Waals surface area contributed by atoms with Crippen LogP contribution >= 0.6 is 0 Å². The van der Waals surface area contributed by atoms with Crippen LogP contribution in [0.3, 0.4) is 0 Å². The lowest BCUT2D eigenvalue weighted by Crippen LogP contribution is -2.41. The monoisotopic (exact) mass is 420 g/mol. The van der Waals surface area contributed by atoms with Gasteiger partial charge in [-0.05, 0) is 43.5 Å². The van der Waals surface area contributed by atoms with Crippen LogP contribution in [-0.2, 0) is 4.79 Å². The number of ether oxygens (including phenoxy) is 2. The van der Waals surface area contributed by atoms with Gasteiger partial charge in [-0.15, -0.1) is 0 Å². The third-order valence-electron chi connectivity index (χ3n) is 5.39. The number of hydrogen-bond donors (Lipinski definition) is 1. The number of nitrogens with zero attached hydrogens (tertiary/aromatic N) is 3. The molecule has 162 valence electrons. The molecule has 2 aromatic carbocycles. The fraction of sp³-hybridized carbons (Fsp3) is 0.375. The number of carbonyl (C=O) groups is 1. The number of fused-ring (bicyclic) bond motifs is 1. The molecular formula is C24H28N4O3. The van der Waals surface area contributed by atoms with Crippen LogP contribution in [0.15, 0.2) is 48.5 Å². The Morgan fingerprint density at radius 3 is 2.74 bits per heavy atom. The summed E-state index contributed by atoms with van der Waals surface area (Å²) in [7, 11) is 1.61. The number of carbonyl (C=O) groups excluding carboxylic acids is 1. The lowest BCUT2D eigenvalue weighted by Gasteiger charge is -2.33. The standard InChI is InChI=1S/C24H28N4O3/c1-3-14-31-24-22(26-20-11-4-5-12-21(20)27-24)28-13-7-8-17(16-28)23(29)25-18-9-6-10-19(15-18)30-2/h4-6,9-12,15,17H,3,7-8,13-14,16H2,1-2H3,(H,25,29)/t17-/m1/s1. The molecule has 1 aromatic heterocycles. The van der Waals surface area contributed by atoms with Crippen molar-refractivity contribution in [2.24, 2.45) is 5.92 Å². The summed E-state index contributed by atoms with van der Waals surface area (Å²) in [5.74, 6) is 1.82. The quantitative estimate of drug-likeness (QED) is 0.615. The highest BCUT2D eigenvalue weighted by atomic mass is 16.5. The van der Waals surface area contributed by atoms with Crippen molar-refractivity contribution in [2.75, 3.05) is 37.0 Å². The number of para-hydroxylation sites is 2. The average Bonchev–Trinajstić information content (AvgIpc) is 2.82. The zero-order valence-electron chi connectivity index (χ0n) is 18.0. The molecule has 0 unspecified atom stereocenters. The molecule has 4 rings (SSSR count). The van der Waals surface area contributed by atoms with E-state index in [0.717, 1.165) is 42.5 Å². The average molecular weight is 421 g/mol. The smallest absolute Gasteiger partial charge is 0.258 e. The predicted molar refractivity (Wildman–Crippen MR) is 122 cm³/mol. The molecule has 0 aliphatic carbocycles. The number of rotatable bonds is 7. The van der Waals surface area contributed by atoms with Crippen molar-refractivity contribution in [1.82, 2.24) is 9.97 Å². The SMILES string of the molecule is CCCOc1nc2ccccc2nc1N1CCC[C@@H](C(=O)Nc2cccc(OC)c2)C1. The van der Waals surface area contributed by atoms with Crippen molar-refractivity contribution in [3.05, 3.63) is 48.5 Å². The first-order chi connectivity index (χ1) is 15.2. The molecule has 1 atom stereocenters. The zero-order chi connectivity index (χ0) is 21.6. The Labute approximate surface area is 182 Å². The molecule has 7 nitrogen and oxygen atoms in total. The van der Waals surface area contributed by atoms with Crippen LogP contribution < -0.4 is 19.7 Å². The summed E-state index contributed by atoms with van der Waals surface area (Å²) < 4.78 is 11.2. The zero-order valence-corrected chi connectivity index (χ0v) is 18.0. The van der Waals surface area contributed by atoms with E-state index in [2.05, 4.69) is 17.1 Å². The molecule has 0 bridgehead atoms. The summed E-state index contributed by atoms with van der Waals surface area (Å²) in [6, 6.07) is 15.2. The maximum absolute atomic E-state index is 13.0. The molecule has 2 heterocycles. The lowest BCUT2D eigenvalue weighted by atomic mass is 9.97. The van der Waals surface area contributed by atoms with E-state index in [4.69, 9.17) is 19.4 Å². The molecule has 1 amide bonds. The van der Waals surface area contributed by atoms with Crippen molar-refractivity contribution in [3.63, 3.8) is 0 Å². The van der Waals surface area contributed by atoms with Crippen LogP contribution in [0, 0.1) is 5.92 Å². The maximum Gasteiger partial charge on any atom is 0.258 e. The lowest BCUT2D eigenvalue weighted by molar-refractivity contribution is -0.120. The minimum absolute atomic E-state index is 0.00253. The molecule has 0 saturated carbocycles. The summed E-state index contributed by atoms with van der Waals surface area (Å²) in [5, 5.41) is 3.02. The first-order valence-electron chi connectivity index (χ1n) is 10.8. The Balaban J connectivity index is 1.54. The molecule has 0 radical (unpaired) electrons. The highest BCUT2D eigenvalue weighted by molar-refractivity contribution is 5.93. The van der Waals surface area contributed by atoms with Crippen molar-refractivity contribution in [1.29, 1.82) is 0 Å². The second-order valence-corrected chi connectivity index (χ2v) is 7.70. The van der Waals surface area contributed by atoms with Crippen molar-refractivity contribution >= 4 is 28.4 Å². The van der Waals surface area contributed by atoms with E-state index in [-0.39, 0.29) is 11.8 Å². The Hall–Kier alpha value is -3.35. The first-order valence-corrected chi connectivity index (χ1v) is 10.8. The van der Waals surface area contributed by atoms with E-state index in [0.29, 0.717) is 30.6 Å². The van der Waals surface area contributed by atoms with E-state index < -0.39 is 0 Å². The van der Waals surface area contributed by atoms with Crippen LogP contribution in [0.25, 0.3) is 11.0 Å². The molecular weight excluding hydrogens is 392 g/mol. The van der Waals surface area contributed by atoms with E-state index in [1.165, 1.54) is 0 Å². The van der Waals surface area contributed by atoms with E-state index in [9.17, 15) is 4.79 Å². The molecule has 0 spiro atoms. The van der Waals surface area contributed by atoms with Gasteiger partial charge in [0.1, 0.15) is 5.75 Å². The summed E-state index contributed by atoms with van der Waals surface area (Å²) >= 11 is 0. The normalized spacial score (nSPS) is 16.2. The third kappa shape index (κ3) is 4.87. The molecule has 1 N–H and O–H groups in total. The Kier molecular flexibility index (Phi) is 6.50. The summed E-state index contributed by atoms with van der Waals surface area (Å²) in [6.07, 6.45) is 2.62. The first kappa shape index (κ1) is 20.9. The van der Waals surface area contributed by atoms with Crippen LogP contribution in [0.5, 0.6) is 11.6 Å². The van der Waals surface area contributed by atoms with Gasteiger partial charge in [-0.2, -0.15) is 0 Å². The Morgan fingerprint density at radius 1 is 1.16 bits per heavy atom. The van der Waals surface area contributed by atoms with Gasteiger partial charge in [-0.25, -0.2) is 9.97 Å². The number of piperidine rings is 1. The van der Waals surface area contributed by atoms with Crippen LogP contribution in [0.1, 0.15) is 26.2 Å². The molecule has 3 aromatic rings. The number of aromatic nitrogens is 2. The number of amides is 1. The fourth-order valence-corrected chi connectivity index (χ4v) is 3.80. The molecule has 1 fully saturated rings. The van der Waals surface area contributed by atoms with Gasteiger partial charge in [0.15, 0.2) is 5.82 Å². The number of methoxy groups -OCH3 is 1. The summed E-state index contributed by atoms with van der Waals surface area (Å²) in [6.45, 7) is 4.03. The summed E-state index contributed by atoms with van der Waals surface area (Å²) in [4.78, 5) is 24.6. The number of anilines is 2. The molecule has 1 saturated heterocycles. The minimum Gasteiger partial charge on any atom is -0.497 e. The molecule has 7 heteroatoms. The van der Waals surface area contributed by atoms with Gasteiger partial charge in [0.05, 0.1) is 30.7 Å². The highest BCUT2D eigenvalue weighted by Crippen LogP contribution is 2.31. The molecule has 31 heavy (non-hydrogen) atoms. The van der Waals surface area contributed by atoms with Crippen molar-refractivity contribution < 1.29 is 14.3 Å². The van der Waals surface area contributed by atoms with Crippen LogP contribution in [0.4, 0.5) is 11.5 Å². The largest absolute Gasteiger partial charge is 0.497 e. The molecule has 1 aliphatic rings. The second-order valence-electron chi connectivity index (χ2n) is 7.70. The second kappa shape index (κ2) is 9.64. The van der Waals surface area contributed by atoms with Gasteiger partial charge in [-0.3, -0.25) is 4.79 Å². The van der Waals surface area contributed by atoms with Crippen LogP contribution in [0.2, 0.25) is 0 Å². The fourth-order valence-electron chi connectivity index (χ4n) is 3.80. The molecule has 1 aliphatic heterocycles. The van der Waals surface area contributed by atoms with Gasteiger partial charge >= 0.3 is 0 Å². The van der Waals surface area contributed by atoms with Crippen molar-refractivity contribution in [2.45, 2.75) is 26.2 Å². The number of hydrogen-bond acceptors (Lipinski definition) is 6. The van der Waals surface area contributed by atoms with E-state index >= 15 is 0 Å². The minimum atomic E-state index is -0.146. The Morgan fingerprint density at radius 2 is 1.97 bits per heavy atom. The summed E-state index contributed by atoms with van der Waals surface area (Å²) in [5.41, 5.74) is 2.37. The third-order valence-corrected chi connectivity index (χ3v) is 5.39. The number of benzene rings is 2. The van der Waals surface area contributed by atoms with Crippen molar-refractivity contribution in [3.8, 4) is 11.6 Å². The topological polar surface area (TPSA) is 76.6 Å². The predicted octanol–water partition coefficient (Wildman–Crippen LogP) is 4.28. The van der Waals surface area contributed by atoms with E-state index in [1.54, 1.807) is 7.11 Å².